The van der Waals surface area contributed by atoms with Gasteiger partial charge in [-0.3, -0.25) is 14.4 Å². The van der Waals surface area contributed by atoms with Crippen LogP contribution in [0.2, 0.25) is 0 Å². The van der Waals surface area contributed by atoms with Crippen molar-refractivity contribution in [3.8, 4) is 0 Å². The molecule has 4 heterocycles. The number of hydrogen-bond acceptors (Lipinski definition) is 6. The van der Waals surface area contributed by atoms with Gasteiger partial charge in [0, 0.05) is 62.3 Å². The van der Waals surface area contributed by atoms with Crippen molar-refractivity contribution in [1.82, 2.24) is 30.0 Å². The molecule has 1 saturated heterocycles. The van der Waals surface area contributed by atoms with Gasteiger partial charge in [-0.25, -0.2) is 9.97 Å². The minimum atomic E-state index is -0.113. The monoisotopic (exact) mass is 356 g/mol. The zero-order valence-electron chi connectivity index (χ0n) is 15.0. The molecule has 0 spiro atoms. The summed E-state index contributed by atoms with van der Waals surface area (Å²) >= 11 is 0. The summed E-state index contributed by atoms with van der Waals surface area (Å²) in [4.78, 5) is 22.4. The van der Waals surface area contributed by atoms with Crippen LogP contribution in [0.15, 0.2) is 18.7 Å². The molecule has 1 atom stereocenters. The number of likely N-dealkylation sites (tertiary alicyclic amines) is 1. The molecule has 1 unspecified atom stereocenters. The molecule has 0 aromatic carbocycles. The molecule has 1 fully saturated rings. The van der Waals surface area contributed by atoms with Crippen LogP contribution >= 0.6 is 0 Å². The van der Waals surface area contributed by atoms with Crippen LogP contribution < -0.4 is 5.32 Å². The highest BCUT2D eigenvalue weighted by atomic mass is 16.5. The lowest BCUT2D eigenvalue weighted by molar-refractivity contribution is 0.0937. The third-order valence-electron chi connectivity index (χ3n) is 5.08. The van der Waals surface area contributed by atoms with Crippen LogP contribution in [0.5, 0.6) is 0 Å². The molecule has 0 saturated carbocycles. The maximum Gasteiger partial charge on any atom is 0.254 e. The highest BCUT2D eigenvalue weighted by molar-refractivity contribution is 5.93. The zero-order chi connectivity index (χ0) is 17.9. The number of ether oxygens (including phenoxy) is 1. The fraction of sp³-hybridized carbons (Fsp3) is 0.556. The van der Waals surface area contributed by atoms with Crippen molar-refractivity contribution in [3.63, 3.8) is 0 Å². The minimum absolute atomic E-state index is 0.113. The average Bonchev–Trinajstić information content (AvgIpc) is 3.27. The van der Waals surface area contributed by atoms with Crippen molar-refractivity contribution in [2.45, 2.75) is 45.5 Å². The topological polar surface area (TPSA) is 85.2 Å². The summed E-state index contributed by atoms with van der Waals surface area (Å²) in [6.45, 7) is 7.03. The standard InChI is InChI=1S/C18H24N6O2/c1-2-24-17-4-6-26-11-15(17)16(22-24)10-23-5-3-14(9-23)21-18(25)13-7-19-12-20-8-13/h7-8,12,14H,2-6,9-11H2,1H3,(H,21,25). The first-order valence-corrected chi connectivity index (χ1v) is 9.18. The van der Waals surface area contributed by atoms with E-state index in [2.05, 4.69) is 31.8 Å². The van der Waals surface area contributed by atoms with Crippen molar-refractivity contribution in [2.24, 2.45) is 0 Å². The first kappa shape index (κ1) is 17.1. The Hall–Kier alpha value is -2.32. The molecule has 2 aromatic rings. The van der Waals surface area contributed by atoms with E-state index < -0.39 is 0 Å². The van der Waals surface area contributed by atoms with Crippen molar-refractivity contribution in [3.05, 3.63) is 41.2 Å². The predicted molar refractivity (Wildman–Crippen MR) is 94.4 cm³/mol. The molecule has 1 N–H and O–H groups in total. The Morgan fingerprint density at radius 1 is 1.38 bits per heavy atom. The molecule has 2 aliphatic heterocycles. The second-order valence-electron chi connectivity index (χ2n) is 6.81. The maximum atomic E-state index is 12.3. The lowest BCUT2D eigenvalue weighted by atomic mass is 10.1. The first-order valence-electron chi connectivity index (χ1n) is 9.18. The zero-order valence-corrected chi connectivity index (χ0v) is 15.0. The van der Waals surface area contributed by atoms with Crippen LogP contribution in [-0.2, 0) is 30.9 Å². The van der Waals surface area contributed by atoms with Gasteiger partial charge in [-0.05, 0) is 13.3 Å². The van der Waals surface area contributed by atoms with Crippen LogP contribution in [0.4, 0.5) is 0 Å². The molecule has 4 rings (SSSR count). The van der Waals surface area contributed by atoms with Crippen LogP contribution in [-0.4, -0.2) is 56.3 Å². The molecule has 0 aliphatic carbocycles. The van der Waals surface area contributed by atoms with E-state index in [-0.39, 0.29) is 11.9 Å². The number of rotatable bonds is 5. The molecule has 2 aliphatic rings. The van der Waals surface area contributed by atoms with E-state index in [4.69, 9.17) is 9.84 Å². The number of nitrogens with zero attached hydrogens (tertiary/aromatic N) is 5. The van der Waals surface area contributed by atoms with Crippen LogP contribution in [0.1, 0.15) is 40.7 Å². The summed E-state index contributed by atoms with van der Waals surface area (Å²) in [7, 11) is 0. The minimum Gasteiger partial charge on any atom is -0.376 e. The van der Waals surface area contributed by atoms with E-state index in [0.29, 0.717) is 12.2 Å². The molecule has 0 bridgehead atoms. The average molecular weight is 356 g/mol. The Bertz CT molecular complexity index is 775. The van der Waals surface area contributed by atoms with Gasteiger partial charge in [0.05, 0.1) is 24.5 Å². The first-order chi connectivity index (χ1) is 12.7. The van der Waals surface area contributed by atoms with Crippen LogP contribution in [0.3, 0.4) is 0 Å². The third-order valence-corrected chi connectivity index (χ3v) is 5.08. The smallest absolute Gasteiger partial charge is 0.254 e. The van der Waals surface area contributed by atoms with Gasteiger partial charge in [0.1, 0.15) is 6.33 Å². The van der Waals surface area contributed by atoms with Crippen LogP contribution in [0, 0.1) is 0 Å². The largest absolute Gasteiger partial charge is 0.376 e. The van der Waals surface area contributed by atoms with Crippen molar-refractivity contribution < 1.29 is 9.53 Å². The number of carbonyl (C=O) groups is 1. The third kappa shape index (κ3) is 3.47. The number of fused-ring (bicyclic) bond motifs is 1. The summed E-state index contributed by atoms with van der Waals surface area (Å²) in [5.74, 6) is -0.113. The maximum absolute atomic E-state index is 12.3. The Kier molecular flexibility index (Phi) is 4.94. The van der Waals surface area contributed by atoms with Gasteiger partial charge in [0.2, 0.25) is 0 Å². The van der Waals surface area contributed by atoms with Gasteiger partial charge in [0.15, 0.2) is 0 Å². The lowest BCUT2D eigenvalue weighted by Crippen LogP contribution is -2.37. The van der Waals surface area contributed by atoms with E-state index >= 15 is 0 Å². The van der Waals surface area contributed by atoms with Gasteiger partial charge in [-0.2, -0.15) is 5.10 Å². The Balaban J connectivity index is 1.38. The Labute approximate surface area is 152 Å². The van der Waals surface area contributed by atoms with Gasteiger partial charge in [-0.1, -0.05) is 0 Å². The molecule has 0 radical (unpaired) electrons. The van der Waals surface area contributed by atoms with E-state index in [0.717, 1.165) is 51.3 Å². The van der Waals surface area contributed by atoms with Crippen molar-refractivity contribution in [1.29, 1.82) is 0 Å². The molecule has 8 nitrogen and oxygen atoms in total. The number of nitrogens with one attached hydrogen (secondary N) is 1. The summed E-state index contributed by atoms with van der Waals surface area (Å²) in [5, 5.41) is 7.88. The number of aryl methyl sites for hydroxylation is 1. The van der Waals surface area contributed by atoms with E-state index in [1.807, 2.05) is 0 Å². The molecule has 8 heteroatoms. The van der Waals surface area contributed by atoms with Crippen LogP contribution in [0.25, 0.3) is 0 Å². The van der Waals surface area contributed by atoms with Gasteiger partial charge >= 0.3 is 0 Å². The number of amides is 1. The molecule has 138 valence electrons. The van der Waals surface area contributed by atoms with Gasteiger partial charge in [0.25, 0.3) is 5.91 Å². The van der Waals surface area contributed by atoms with Gasteiger partial charge < -0.3 is 10.1 Å². The SMILES string of the molecule is CCn1nc(CN2CCC(NC(=O)c3cncnc3)C2)c2c1CCOC2. The lowest BCUT2D eigenvalue weighted by Gasteiger charge is -2.18. The molecular formula is C18H24N6O2. The quantitative estimate of drug-likeness (QED) is 0.852. The Morgan fingerprint density at radius 2 is 2.23 bits per heavy atom. The van der Waals surface area contributed by atoms with E-state index in [1.165, 1.54) is 17.6 Å². The predicted octanol–water partition coefficient (Wildman–Crippen LogP) is 0.770. The molecule has 2 aromatic heterocycles. The number of aromatic nitrogens is 4. The normalized spacial score (nSPS) is 20.1. The molecule has 1 amide bonds. The van der Waals surface area contributed by atoms with E-state index in [1.54, 1.807) is 12.4 Å². The fourth-order valence-corrected chi connectivity index (χ4v) is 3.76. The second kappa shape index (κ2) is 7.51. The highest BCUT2D eigenvalue weighted by Crippen LogP contribution is 2.23. The number of hydrogen-bond donors (Lipinski definition) is 1. The summed E-state index contributed by atoms with van der Waals surface area (Å²) in [6, 6.07) is 0.142. The van der Waals surface area contributed by atoms with Crippen molar-refractivity contribution >= 4 is 5.91 Å². The number of carbonyl (C=O) groups excluding carboxylic acids is 1. The molecule has 26 heavy (non-hydrogen) atoms. The summed E-state index contributed by atoms with van der Waals surface area (Å²) in [6.07, 6.45) is 6.38. The summed E-state index contributed by atoms with van der Waals surface area (Å²) < 4.78 is 7.75. The Morgan fingerprint density at radius 3 is 3.04 bits per heavy atom. The van der Waals surface area contributed by atoms with E-state index in [9.17, 15) is 4.79 Å². The second-order valence-corrected chi connectivity index (χ2v) is 6.81. The summed E-state index contributed by atoms with van der Waals surface area (Å²) in [5.41, 5.74) is 4.19. The van der Waals surface area contributed by atoms with Gasteiger partial charge in [-0.15, -0.1) is 0 Å². The highest BCUT2D eigenvalue weighted by Gasteiger charge is 2.27. The molecular weight excluding hydrogens is 332 g/mol. The fourth-order valence-electron chi connectivity index (χ4n) is 3.76. The van der Waals surface area contributed by atoms with Crippen molar-refractivity contribution in [2.75, 3.05) is 19.7 Å².